The summed E-state index contributed by atoms with van der Waals surface area (Å²) >= 11 is 0. The van der Waals surface area contributed by atoms with Gasteiger partial charge in [0.25, 0.3) is 0 Å². The minimum atomic E-state index is -2.08. The first-order chi connectivity index (χ1) is 39.7. The fourth-order valence-corrected chi connectivity index (χ4v) is 8.34. The molecule has 0 aromatic carbocycles. The molecule has 2 amide bonds. The highest BCUT2D eigenvalue weighted by atomic mass is 16.6. The van der Waals surface area contributed by atoms with Crippen molar-refractivity contribution in [2.75, 3.05) is 72.6 Å². The predicted octanol–water partition coefficient (Wildman–Crippen LogP) is 5.40. The van der Waals surface area contributed by atoms with Crippen molar-refractivity contribution in [2.45, 2.75) is 69.7 Å². The van der Waals surface area contributed by atoms with Crippen LogP contribution in [0.3, 0.4) is 0 Å². The lowest BCUT2D eigenvalue weighted by Crippen LogP contribution is -2.57. The van der Waals surface area contributed by atoms with Crippen LogP contribution in [-0.4, -0.2) is 160 Å². The Morgan fingerprint density at radius 2 is 0.512 bits per heavy atom. The van der Waals surface area contributed by atoms with Gasteiger partial charge in [-0.25, -0.2) is 57.5 Å². The number of nitrogens with one attached hydrogen (secondary N) is 2. The van der Waals surface area contributed by atoms with Crippen molar-refractivity contribution in [2.24, 2.45) is 21.7 Å². The number of esters is 10. The van der Waals surface area contributed by atoms with Gasteiger partial charge < -0.3 is 68.2 Å². The topological polar surface area (TPSA) is 362 Å². The number of carbonyl (C=O) groups excluding carboxylic acids is 10. The lowest BCUT2D eigenvalue weighted by molar-refractivity contribution is -0.162. The van der Waals surface area contributed by atoms with E-state index in [1.165, 1.54) is 0 Å². The Labute approximate surface area is 486 Å². The SMILES string of the molecule is C=CC(=O)OCC(CCC(COC(=O)C=C)(COC(=O)C=C)CC(CCCCCNC(=O)O)(CC(CCC(COC(=O)C=C)(COC(=O)C=C)COC(=O)C=C)(COC(=O)C=C)COC(=O)C=C)NC(=O)O)(COC(=O)C=C)COC(=O)C=C. The van der Waals surface area contributed by atoms with Gasteiger partial charge in [-0.3, -0.25) is 0 Å². The first kappa shape index (κ1) is 74.6. The molecular weight excluding hydrogens is 1110 g/mol. The number of carbonyl (C=O) groups is 12. The van der Waals surface area contributed by atoms with E-state index in [-0.39, 0.29) is 32.2 Å². The van der Waals surface area contributed by atoms with Gasteiger partial charge in [0.05, 0.1) is 10.8 Å². The summed E-state index contributed by atoms with van der Waals surface area (Å²) in [6.45, 7) is 26.7. The largest absolute Gasteiger partial charge is 0.465 e. The monoisotopic (exact) mass is 1180 g/mol. The van der Waals surface area contributed by atoms with Crippen LogP contribution in [0, 0.1) is 21.7 Å². The molecule has 0 saturated heterocycles. The van der Waals surface area contributed by atoms with E-state index in [4.69, 9.17) is 47.4 Å². The smallest absolute Gasteiger partial charge is 0.405 e. The highest BCUT2D eigenvalue weighted by molar-refractivity contribution is 5.84. The van der Waals surface area contributed by atoms with Gasteiger partial charge in [0.2, 0.25) is 0 Å². The molecule has 0 aliphatic rings. The van der Waals surface area contributed by atoms with Crippen molar-refractivity contribution in [3.05, 3.63) is 127 Å². The second-order valence-electron chi connectivity index (χ2n) is 19.2. The van der Waals surface area contributed by atoms with Crippen molar-refractivity contribution in [3.63, 3.8) is 0 Å². The zero-order valence-electron chi connectivity index (χ0n) is 47.1. The van der Waals surface area contributed by atoms with Crippen molar-refractivity contribution in [1.29, 1.82) is 0 Å². The van der Waals surface area contributed by atoms with Gasteiger partial charge >= 0.3 is 71.9 Å². The second kappa shape index (κ2) is 39.1. The van der Waals surface area contributed by atoms with E-state index in [0.29, 0.717) is 0 Å². The third kappa shape index (κ3) is 29.9. The molecule has 0 aromatic rings. The maximum absolute atomic E-state index is 13.6. The highest BCUT2D eigenvalue weighted by Crippen LogP contribution is 2.48. The summed E-state index contributed by atoms with van der Waals surface area (Å²) in [6, 6.07) is 0. The average Bonchev–Trinajstić information content (AvgIpc) is 3.56. The van der Waals surface area contributed by atoms with Crippen molar-refractivity contribution in [1.82, 2.24) is 10.6 Å². The molecule has 0 fully saturated rings. The Balaban J connectivity index is 9.49. The maximum Gasteiger partial charge on any atom is 0.405 e. The van der Waals surface area contributed by atoms with E-state index in [1.54, 1.807) is 0 Å². The average molecular weight is 1190 g/mol. The Hall–Kier alpha value is -9.36. The molecule has 26 heteroatoms. The summed E-state index contributed by atoms with van der Waals surface area (Å²) in [7, 11) is 0. The molecule has 26 nitrogen and oxygen atoms in total. The molecular formula is C58H76N2O24. The first-order valence-corrected chi connectivity index (χ1v) is 25.6. The molecule has 0 atom stereocenters. The lowest BCUT2D eigenvalue weighted by atomic mass is 9.63. The molecule has 0 bridgehead atoms. The number of rotatable bonds is 47. The number of hydrogen-bond donors (Lipinski definition) is 4. The molecule has 0 radical (unpaired) electrons. The number of unbranched alkanes of at least 4 members (excludes halogenated alkanes) is 2. The molecule has 0 heterocycles. The Bertz CT molecular complexity index is 2130. The molecule has 84 heavy (non-hydrogen) atoms. The van der Waals surface area contributed by atoms with Gasteiger partial charge in [0.15, 0.2) is 0 Å². The number of ether oxygens (including phenoxy) is 10. The molecule has 462 valence electrons. The number of hydrogen-bond acceptors (Lipinski definition) is 22. The Kier molecular flexibility index (Phi) is 34.8. The maximum atomic E-state index is 13.6. The Morgan fingerprint density at radius 1 is 0.298 bits per heavy atom. The molecule has 0 rings (SSSR count). The molecule has 0 saturated carbocycles. The van der Waals surface area contributed by atoms with Gasteiger partial charge in [-0.2, -0.15) is 0 Å². The summed E-state index contributed by atoms with van der Waals surface area (Å²) in [4.78, 5) is 154. The van der Waals surface area contributed by atoms with E-state index >= 15 is 0 Å². The van der Waals surface area contributed by atoms with Crippen LogP contribution in [0.1, 0.15) is 64.2 Å². The van der Waals surface area contributed by atoms with Crippen LogP contribution in [0.2, 0.25) is 0 Å². The van der Waals surface area contributed by atoms with Crippen LogP contribution in [0.4, 0.5) is 9.59 Å². The van der Waals surface area contributed by atoms with E-state index < -0.39 is 204 Å². The van der Waals surface area contributed by atoms with Gasteiger partial charge in [0.1, 0.15) is 66.1 Å². The van der Waals surface area contributed by atoms with Crippen molar-refractivity contribution in [3.8, 4) is 0 Å². The second-order valence-corrected chi connectivity index (χ2v) is 19.2. The third-order valence-corrected chi connectivity index (χ3v) is 12.7. The first-order valence-electron chi connectivity index (χ1n) is 25.6. The minimum Gasteiger partial charge on any atom is -0.465 e. The molecule has 0 unspecified atom stereocenters. The molecule has 4 N–H and O–H groups in total. The number of carboxylic acid groups (broad SMARTS) is 2. The summed E-state index contributed by atoms with van der Waals surface area (Å²) in [5.74, 6) is -10.2. The van der Waals surface area contributed by atoms with Gasteiger partial charge in [-0.1, -0.05) is 78.6 Å². The van der Waals surface area contributed by atoms with Crippen molar-refractivity contribution < 1.29 is 115 Å². The van der Waals surface area contributed by atoms with E-state index in [2.05, 4.69) is 76.4 Å². The predicted molar refractivity (Wildman–Crippen MR) is 297 cm³/mol. The van der Waals surface area contributed by atoms with Crippen LogP contribution in [0.5, 0.6) is 0 Å². The number of amides is 2. The van der Waals surface area contributed by atoms with Crippen LogP contribution < -0.4 is 10.6 Å². The van der Waals surface area contributed by atoms with Gasteiger partial charge in [-0.15, -0.1) is 0 Å². The van der Waals surface area contributed by atoms with E-state index in [9.17, 15) is 67.7 Å². The molecule has 0 aliphatic heterocycles. The van der Waals surface area contributed by atoms with E-state index in [0.717, 1.165) is 60.8 Å². The summed E-state index contributed by atoms with van der Waals surface area (Å²) in [5.41, 5.74) is -9.53. The normalized spacial score (nSPS) is 11.1. The van der Waals surface area contributed by atoms with Gasteiger partial charge in [-0.05, 0) is 51.4 Å². The summed E-state index contributed by atoms with van der Waals surface area (Å²) in [5, 5.41) is 25.2. The van der Waals surface area contributed by atoms with Crippen LogP contribution in [0.15, 0.2) is 127 Å². The fourth-order valence-electron chi connectivity index (χ4n) is 8.34. The lowest BCUT2D eigenvalue weighted by Gasteiger charge is -2.48. The highest BCUT2D eigenvalue weighted by Gasteiger charge is 2.52. The molecule has 0 aromatic heterocycles. The van der Waals surface area contributed by atoms with Crippen LogP contribution >= 0.6 is 0 Å². The van der Waals surface area contributed by atoms with Crippen molar-refractivity contribution >= 4 is 71.9 Å². The van der Waals surface area contributed by atoms with E-state index in [1.807, 2.05) is 0 Å². The zero-order chi connectivity index (χ0) is 63.8. The minimum absolute atomic E-state index is 0.00156. The third-order valence-electron chi connectivity index (χ3n) is 12.7. The standard InChI is InChI=1S/C58H76N2O24/c1-11-42(61)75-32-54(33-76-43(62)12-2,25-27-56(36-79-46(65)15-5,37-80-47(66)16-6)38-81-48(67)17-7)30-58(60-53(73)74,24-22-21-23-29-59-52(71)72)31-55(34-77-44(63)13-3,35-78-45(64)14-4)26-28-57(39-82-49(68)18-8,40-83-50(69)19-9)41-84-51(70)20-10/h11-20,59-60H,1-10,21-41H2,(H,71,72)(H,73,74). The quantitative estimate of drug-likeness (QED) is 0.0256. The molecule has 0 spiro atoms. The van der Waals surface area contributed by atoms with Crippen LogP contribution in [0.25, 0.3) is 0 Å². The summed E-state index contributed by atoms with van der Waals surface area (Å²) < 4.78 is 55.7. The van der Waals surface area contributed by atoms with Crippen LogP contribution in [-0.2, 0) is 95.3 Å². The Morgan fingerprint density at radius 3 is 0.714 bits per heavy atom. The molecule has 0 aliphatic carbocycles. The fraction of sp³-hybridized carbons (Fsp3) is 0.448. The summed E-state index contributed by atoms with van der Waals surface area (Å²) in [6.07, 6.45) is 1.81. The van der Waals surface area contributed by atoms with Gasteiger partial charge in [0, 0.05) is 83.7 Å². The zero-order valence-corrected chi connectivity index (χ0v) is 47.1.